The molecule has 2 heterocycles. The molecule has 130 valence electrons. The van der Waals surface area contributed by atoms with Gasteiger partial charge in [0.05, 0.1) is 17.6 Å². The number of ether oxygens (including phenoxy) is 2. The van der Waals surface area contributed by atoms with E-state index in [4.69, 9.17) is 4.74 Å². The van der Waals surface area contributed by atoms with E-state index < -0.39 is 6.36 Å². The summed E-state index contributed by atoms with van der Waals surface area (Å²) in [6, 6.07) is 5.50. The normalized spacial score (nSPS) is 32.6. The fourth-order valence-electron chi connectivity index (χ4n) is 3.93. The van der Waals surface area contributed by atoms with Gasteiger partial charge in [-0.1, -0.05) is 0 Å². The maximum Gasteiger partial charge on any atom is 0.573 e. The van der Waals surface area contributed by atoms with Gasteiger partial charge in [-0.25, -0.2) is 0 Å². The van der Waals surface area contributed by atoms with E-state index in [0.717, 1.165) is 38.7 Å². The highest BCUT2D eigenvalue weighted by Crippen LogP contribution is 2.53. The Morgan fingerprint density at radius 2 is 1.67 bits per heavy atom. The highest BCUT2D eigenvalue weighted by atomic mass is 19.4. The summed E-state index contributed by atoms with van der Waals surface area (Å²) in [6.07, 6.45) is -0.411. The fraction of sp³-hybridized carbons (Fsp3) is 0.588. The second-order valence-corrected chi connectivity index (χ2v) is 7.00. The first-order valence-corrected chi connectivity index (χ1v) is 8.13. The van der Waals surface area contributed by atoms with E-state index in [-0.39, 0.29) is 22.7 Å². The van der Waals surface area contributed by atoms with Crippen LogP contribution < -0.4 is 9.64 Å². The lowest BCUT2D eigenvalue weighted by Gasteiger charge is -2.34. The van der Waals surface area contributed by atoms with Crippen LogP contribution in [0.15, 0.2) is 24.3 Å². The molecule has 0 radical (unpaired) electrons. The van der Waals surface area contributed by atoms with E-state index in [9.17, 15) is 18.0 Å². The van der Waals surface area contributed by atoms with Crippen LogP contribution in [0.4, 0.5) is 18.9 Å². The number of alkyl halides is 3. The average Bonchev–Trinajstić information content (AvgIpc) is 3.22. The molecule has 0 unspecified atom stereocenters. The lowest BCUT2D eigenvalue weighted by Crippen LogP contribution is -2.39. The summed E-state index contributed by atoms with van der Waals surface area (Å²) < 4.78 is 46.0. The van der Waals surface area contributed by atoms with Crippen molar-refractivity contribution >= 4 is 11.6 Å². The Balaban J connectivity index is 1.46. The van der Waals surface area contributed by atoms with Crippen molar-refractivity contribution in [2.24, 2.45) is 5.41 Å². The molecule has 0 bridgehead atoms. The lowest BCUT2D eigenvalue weighted by molar-refractivity contribution is -0.274. The summed E-state index contributed by atoms with van der Waals surface area (Å²) in [6.45, 7) is 1.41. The minimum absolute atomic E-state index is 0.0372. The molecule has 2 aliphatic heterocycles. The first-order chi connectivity index (χ1) is 11.3. The van der Waals surface area contributed by atoms with Crippen LogP contribution in [0.25, 0.3) is 0 Å². The Morgan fingerprint density at radius 3 is 2.21 bits per heavy atom. The summed E-state index contributed by atoms with van der Waals surface area (Å²) in [5.41, 5.74) is 0.336. The monoisotopic (exact) mass is 341 g/mol. The summed E-state index contributed by atoms with van der Waals surface area (Å²) >= 11 is 0. The molecule has 4 rings (SSSR count). The van der Waals surface area contributed by atoms with Gasteiger partial charge in [0.1, 0.15) is 5.75 Å². The van der Waals surface area contributed by atoms with Crippen molar-refractivity contribution < 1.29 is 27.4 Å². The van der Waals surface area contributed by atoms with Gasteiger partial charge in [-0.05, 0) is 56.4 Å². The van der Waals surface area contributed by atoms with Crippen molar-refractivity contribution in [1.82, 2.24) is 0 Å². The quantitative estimate of drug-likeness (QED) is 0.771. The highest BCUT2D eigenvalue weighted by Gasteiger charge is 2.56. The first kappa shape index (κ1) is 15.7. The molecule has 7 heteroatoms. The smallest absolute Gasteiger partial charge is 0.406 e. The predicted octanol–water partition coefficient (Wildman–Crippen LogP) is 3.65. The van der Waals surface area contributed by atoms with E-state index in [1.54, 1.807) is 4.90 Å². The molecule has 1 amide bonds. The van der Waals surface area contributed by atoms with Crippen LogP contribution in [0.5, 0.6) is 5.75 Å². The van der Waals surface area contributed by atoms with Gasteiger partial charge in [-0.15, -0.1) is 13.2 Å². The van der Waals surface area contributed by atoms with Crippen molar-refractivity contribution in [2.45, 2.75) is 44.1 Å². The topological polar surface area (TPSA) is 42.1 Å². The van der Waals surface area contributed by atoms with Crippen molar-refractivity contribution in [1.29, 1.82) is 0 Å². The van der Waals surface area contributed by atoms with Crippen molar-refractivity contribution in [3.8, 4) is 5.75 Å². The molecule has 0 N–H and O–H groups in total. The van der Waals surface area contributed by atoms with Gasteiger partial charge in [0.15, 0.2) is 0 Å². The number of carbonyl (C=O) groups excluding carboxylic acids is 1. The van der Waals surface area contributed by atoms with Crippen LogP contribution in [0.2, 0.25) is 0 Å². The van der Waals surface area contributed by atoms with Gasteiger partial charge < -0.3 is 14.4 Å². The molecule has 4 nitrogen and oxygen atoms in total. The number of anilines is 1. The molecule has 1 aromatic carbocycles. The Morgan fingerprint density at radius 1 is 1.04 bits per heavy atom. The SMILES string of the molecule is O=C1N(c2ccc(OC(F)(F)F)cc2)CCC12CCC1(CC2)CO1. The molecular weight excluding hydrogens is 323 g/mol. The van der Waals surface area contributed by atoms with E-state index in [1.807, 2.05) is 0 Å². The first-order valence-electron chi connectivity index (χ1n) is 8.13. The number of epoxide rings is 1. The van der Waals surface area contributed by atoms with Crippen molar-refractivity contribution in [3.63, 3.8) is 0 Å². The molecule has 1 aliphatic carbocycles. The Labute approximate surface area is 137 Å². The zero-order chi connectivity index (χ0) is 17.0. The zero-order valence-electron chi connectivity index (χ0n) is 13.1. The van der Waals surface area contributed by atoms with E-state index >= 15 is 0 Å². The summed E-state index contributed by atoms with van der Waals surface area (Å²) in [7, 11) is 0. The number of hydrogen-bond donors (Lipinski definition) is 0. The number of halogens is 3. The summed E-state index contributed by atoms with van der Waals surface area (Å²) in [4.78, 5) is 14.6. The van der Waals surface area contributed by atoms with Crippen LogP contribution in [0.1, 0.15) is 32.1 Å². The lowest BCUT2D eigenvalue weighted by atomic mass is 9.69. The Kier molecular flexibility index (Phi) is 3.36. The maximum absolute atomic E-state index is 12.9. The Bertz CT molecular complexity index is 642. The standard InChI is InChI=1S/C17H18F3NO3/c18-17(19,20)24-13-3-1-12(2-4-13)21-10-9-15(14(21)22)5-7-16(8-6-15)11-23-16/h1-4H,5-11H2. The largest absolute Gasteiger partial charge is 0.573 e. The highest BCUT2D eigenvalue weighted by molar-refractivity contribution is 6.00. The maximum atomic E-state index is 12.9. The minimum Gasteiger partial charge on any atom is -0.406 e. The molecule has 0 atom stereocenters. The van der Waals surface area contributed by atoms with E-state index in [2.05, 4.69) is 4.74 Å². The molecule has 1 aromatic rings. The van der Waals surface area contributed by atoms with Gasteiger partial charge in [-0.2, -0.15) is 0 Å². The number of carbonyl (C=O) groups is 1. The average molecular weight is 341 g/mol. The second kappa shape index (κ2) is 5.12. The number of hydrogen-bond acceptors (Lipinski definition) is 3. The van der Waals surface area contributed by atoms with Gasteiger partial charge in [0.2, 0.25) is 5.91 Å². The third-order valence-electron chi connectivity index (χ3n) is 5.57. The van der Waals surface area contributed by atoms with Crippen LogP contribution in [0, 0.1) is 5.41 Å². The van der Waals surface area contributed by atoms with Crippen LogP contribution >= 0.6 is 0 Å². The molecule has 24 heavy (non-hydrogen) atoms. The van der Waals surface area contributed by atoms with Gasteiger partial charge in [-0.3, -0.25) is 4.79 Å². The van der Waals surface area contributed by atoms with Crippen molar-refractivity contribution in [2.75, 3.05) is 18.1 Å². The fourth-order valence-corrected chi connectivity index (χ4v) is 3.93. The van der Waals surface area contributed by atoms with Gasteiger partial charge in [0, 0.05) is 12.2 Å². The molecule has 2 saturated heterocycles. The van der Waals surface area contributed by atoms with Crippen LogP contribution in [-0.4, -0.2) is 31.0 Å². The minimum atomic E-state index is -4.71. The number of amides is 1. The molecule has 3 fully saturated rings. The number of nitrogens with zero attached hydrogens (tertiary/aromatic N) is 1. The summed E-state index contributed by atoms with van der Waals surface area (Å²) in [5, 5.41) is 0. The van der Waals surface area contributed by atoms with E-state index in [0.29, 0.717) is 12.2 Å². The van der Waals surface area contributed by atoms with Gasteiger partial charge >= 0.3 is 6.36 Å². The number of benzene rings is 1. The number of rotatable bonds is 2. The molecular formula is C17H18F3NO3. The zero-order valence-corrected chi connectivity index (χ0v) is 13.1. The van der Waals surface area contributed by atoms with Crippen LogP contribution in [-0.2, 0) is 9.53 Å². The molecule has 0 aromatic heterocycles. The van der Waals surface area contributed by atoms with Crippen LogP contribution in [0.3, 0.4) is 0 Å². The molecule has 3 aliphatic rings. The van der Waals surface area contributed by atoms with E-state index in [1.165, 1.54) is 24.3 Å². The molecule has 1 saturated carbocycles. The van der Waals surface area contributed by atoms with Gasteiger partial charge in [0.25, 0.3) is 0 Å². The third-order valence-corrected chi connectivity index (χ3v) is 5.57. The molecule has 2 spiro atoms. The summed E-state index contributed by atoms with van der Waals surface area (Å²) in [5.74, 6) is -0.194. The third kappa shape index (κ3) is 2.75. The van der Waals surface area contributed by atoms with Crippen molar-refractivity contribution in [3.05, 3.63) is 24.3 Å². The predicted molar refractivity (Wildman–Crippen MR) is 79.7 cm³/mol. The Hall–Kier alpha value is -1.76. The second-order valence-electron chi connectivity index (χ2n) is 7.00.